The first-order valence-corrected chi connectivity index (χ1v) is 7.67. The van der Waals surface area contributed by atoms with Crippen molar-refractivity contribution in [3.8, 4) is 11.5 Å². The minimum atomic E-state index is -1.39. The van der Waals surface area contributed by atoms with Crippen LogP contribution in [0.5, 0.6) is 11.5 Å². The van der Waals surface area contributed by atoms with Gasteiger partial charge < -0.3 is 23.7 Å². The van der Waals surface area contributed by atoms with Crippen LogP contribution in [0.1, 0.15) is 20.8 Å². The topological polar surface area (TPSA) is 97.4 Å². The van der Waals surface area contributed by atoms with E-state index in [1.54, 1.807) is 38.3 Å². The zero-order valence-electron chi connectivity index (χ0n) is 14.4. The van der Waals surface area contributed by atoms with E-state index in [0.717, 1.165) is 6.92 Å². The van der Waals surface area contributed by atoms with E-state index >= 15 is 0 Å². The van der Waals surface area contributed by atoms with E-state index < -0.39 is 42.3 Å². The first-order valence-electron chi connectivity index (χ1n) is 7.67. The van der Waals surface area contributed by atoms with Crippen molar-refractivity contribution in [1.82, 2.24) is 0 Å². The Morgan fingerprint density at radius 1 is 0.960 bits per heavy atom. The summed E-state index contributed by atoms with van der Waals surface area (Å²) in [5.41, 5.74) is 0. The summed E-state index contributed by atoms with van der Waals surface area (Å²) in [5.74, 6) is -1.02. The van der Waals surface area contributed by atoms with Crippen molar-refractivity contribution in [1.29, 1.82) is 0 Å². The molecule has 0 aromatic heterocycles. The van der Waals surface area contributed by atoms with Gasteiger partial charge in [0.05, 0.1) is 7.11 Å². The fraction of sp³-hybridized carbons (Fsp3) is 0.471. The van der Waals surface area contributed by atoms with Crippen LogP contribution in [0.2, 0.25) is 0 Å². The number of carbonyl (C=O) groups is 3. The fourth-order valence-corrected chi connectivity index (χ4v) is 2.48. The summed E-state index contributed by atoms with van der Waals surface area (Å²) >= 11 is 0. The van der Waals surface area contributed by atoms with Crippen LogP contribution in [0.25, 0.3) is 0 Å². The van der Waals surface area contributed by atoms with Crippen molar-refractivity contribution in [2.45, 2.75) is 45.2 Å². The maximum Gasteiger partial charge on any atom is 0.352 e. The number of cyclic esters (lactones) is 1. The van der Waals surface area contributed by atoms with Crippen molar-refractivity contribution in [2.75, 3.05) is 7.11 Å². The number of carbonyl (C=O) groups excluding carboxylic acids is 3. The first-order chi connectivity index (χ1) is 11.8. The summed E-state index contributed by atoms with van der Waals surface area (Å²) in [6, 6.07) is 6.71. The van der Waals surface area contributed by atoms with Crippen LogP contribution in [0.4, 0.5) is 0 Å². The first kappa shape index (κ1) is 18.6. The summed E-state index contributed by atoms with van der Waals surface area (Å²) in [4.78, 5) is 34.8. The van der Waals surface area contributed by atoms with Gasteiger partial charge in [-0.3, -0.25) is 9.59 Å². The number of methoxy groups -OCH3 is 1. The second-order valence-electron chi connectivity index (χ2n) is 5.50. The van der Waals surface area contributed by atoms with Crippen LogP contribution in [0.15, 0.2) is 24.3 Å². The molecule has 0 bridgehead atoms. The van der Waals surface area contributed by atoms with Gasteiger partial charge in [0.2, 0.25) is 6.10 Å². The Balaban J connectivity index is 2.27. The average Bonchev–Trinajstić information content (AvgIpc) is 2.54. The number of esters is 3. The molecule has 1 saturated heterocycles. The molecule has 1 fully saturated rings. The molecule has 1 aromatic carbocycles. The molecule has 0 aliphatic carbocycles. The third-order valence-corrected chi connectivity index (χ3v) is 3.55. The quantitative estimate of drug-likeness (QED) is 0.577. The summed E-state index contributed by atoms with van der Waals surface area (Å²) in [5, 5.41) is 0. The lowest BCUT2D eigenvalue weighted by atomic mass is 9.99. The third kappa shape index (κ3) is 4.62. The highest BCUT2D eigenvalue weighted by Gasteiger charge is 2.50. The van der Waals surface area contributed by atoms with E-state index in [1.807, 2.05) is 0 Å². The van der Waals surface area contributed by atoms with E-state index in [1.165, 1.54) is 6.92 Å². The molecule has 2 rings (SSSR count). The maximum absolute atomic E-state index is 12.1. The number of hydrogen-bond acceptors (Lipinski definition) is 8. The van der Waals surface area contributed by atoms with E-state index in [4.69, 9.17) is 23.7 Å². The molecule has 8 heteroatoms. The monoisotopic (exact) mass is 352 g/mol. The third-order valence-electron chi connectivity index (χ3n) is 3.55. The maximum atomic E-state index is 12.1. The van der Waals surface area contributed by atoms with Gasteiger partial charge in [-0.15, -0.1) is 0 Å². The predicted octanol–water partition coefficient (Wildman–Crippen LogP) is 1.25. The molecular weight excluding hydrogens is 332 g/mol. The number of rotatable bonds is 5. The van der Waals surface area contributed by atoms with Gasteiger partial charge in [-0.05, 0) is 31.2 Å². The van der Waals surface area contributed by atoms with Crippen LogP contribution in [0.3, 0.4) is 0 Å². The molecule has 0 unspecified atom stereocenters. The minimum Gasteiger partial charge on any atom is -0.497 e. The van der Waals surface area contributed by atoms with Crippen LogP contribution < -0.4 is 9.47 Å². The molecule has 1 aromatic rings. The van der Waals surface area contributed by atoms with Crippen molar-refractivity contribution in [2.24, 2.45) is 0 Å². The second kappa shape index (κ2) is 7.87. The Hall–Kier alpha value is -2.77. The molecule has 0 saturated carbocycles. The minimum absolute atomic E-state index is 0.453. The van der Waals surface area contributed by atoms with Gasteiger partial charge in [0.1, 0.15) is 17.6 Å². The second-order valence-corrected chi connectivity index (χ2v) is 5.50. The smallest absolute Gasteiger partial charge is 0.352 e. The summed E-state index contributed by atoms with van der Waals surface area (Å²) in [7, 11) is 1.54. The van der Waals surface area contributed by atoms with E-state index in [2.05, 4.69) is 0 Å². The summed E-state index contributed by atoms with van der Waals surface area (Å²) < 4.78 is 26.3. The molecule has 0 N–H and O–H groups in total. The molecule has 1 aliphatic heterocycles. The van der Waals surface area contributed by atoms with Crippen molar-refractivity contribution >= 4 is 17.9 Å². The van der Waals surface area contributed by atoms with Gasteiger partial charge in [-0.2, -0.15) is 0 Å². The SMILES string of the molecule is COc1ccc(O[C@H]2[C@@H](OC(C)=O)[C@H](OC(C)=O)C(=O)O[C@H]2C)cc1. The lowest BCUT2D eigenvalue weighted by Crippen LogP contribution is -2.59. The van der Waals surface area contributed by atoms with Crippen LogP contribution in [0, 0.1) is 0 Å². The number of hydrogen-bond donors (Lipinski definition) is 0. The van der Waals surface area contributed by atoms with Crippen LogP contribution in [-0.4, -0.2) is 49.4 Å². The van der Waals surface area contributed by atoms with Crippen molar-refractivity contribution in [3.05, 3.63) is 24.3 Å². The molecule has 0 amide bonds. The molecule has 1 aliphatic rings. The number of ether oxygens (including phenoxy) is 5. The Labute approximate surface area is 144 Å². The lowest BCUT2D eigenvalue weighted by molar-refractivity contribution is -0.213. The Morgan fingerprint density at radius 2 is 1.52 bits per heavy atom. The van der Waals surface area contributed by atoms with Crippen molar-refractivity contribution in [3.63, 3.8) is 0 Å². The zero-order valence-corrected chi connectivity index (χ0v) is 14.4. The largest absolute Gasteiger partial charge is 0.497 e. The molecule has 1 heterocycles. The molecule has 0 spiro atoms. The van der Waals surface area contributed by atoms with Crippen molar-refractivity contribution < 1.29 is 38.1 Å². The molecule has 8 nitrogen and oxygen atoms in total. The van der Waals surface area contributed by atoms with Gasteiger partial charge in [0.25, 0.3) is 0 Å². The van der Waals surface area contributed by atoms with Crippen LogP contribution >= 0.6 is 0 Å². The van der Waals surface area contributed by atoms with E-state index in [-0.39, 0.29) is 0 Å². The summed E-state index contributed by atoms with van der Waals surface area (Å²) in [6.45, 7) is 3.95. The number of benzene rings is 1. The van der Waals surface area contributed by atoms with Gasteiger partial charge in [0, 0.05) is 13.8 Å². The highest BCUT2D eigenvalue weighted by atomic mass is 16.7. The van der Waals surface area contributed by atoms with Crippen LogP contribution in [-0.2, 0) is 28.6 Å². The predicted molar refractivity (Wildman–Crippen MR) is 84.1 cm³/mol. The Bertz CT molecular complexity index is 639. The highest BCUT2D eigenvalue weighted by Crippen LogP contribution is 2.27. The lowest BCUT2D eigenvalue weighted by Gasteiger charge is -2.38. The summed E-state index contributed by atoms with van der Waals surface area (Å²) in [6.07, 6.45) is -4.08. The van der Waals surface area contributed by atoms with Gasteiger partial charge in [-0.1, -0.05) is 0 Å². The van der Waals surface area contributed by atoms with Gasteiger partial charge >= 0.3 is 17.9 Å². The van der Waals surface area contributed by atoms with Gasteiger partial charge in [0.15, 0.2) is 12.2 Å². The van der Waals surface area contributed by atoms with E-state index in [9.17, 15) is 14.4 Å². The highest BCUT2D eigenvalue weighted by molar-refractivity contribution is 5.81. The molecular formula is C17H20O8. The Morgan fingerprint density at radius 3 is 2.04 bits per heavy atom. The molecule has 4 atom stereocenters. The zero-order chi connectivity index (χ0) is 18.6. The Kier molecular flexibility index (Phi) is 5.84. The average molecular weight is 352 g/mol. The normalized spacial score (nSPS) is 25.5. The molecule has 25 heavy (non-hydrogen) atoms. The van der Waals surface area contributed by atoms with Gasteiger partial charge in [-0.25, -0.2) is 4.79 Å². The standard InChI is InChI=1S/C17H20O8/c1-9-14(25-13-7-5-12(21-4)6-8-13)15(23-10(2)18)16(17(20)22-9)24-11(3)19/h5-9,14-16H,1-4H3/t9-,14+,15+,16-/m0/s1. The van der Waals surface area contributed by atoms with E-state index in [0.29, 0.717) is 11.5 Å². The molecule has 0 radical (unpaired) electrons. The fourth-order valence-electron chi connectivity index (χ4n) is 2.48. The molecule has 136 valence electrons.